The number of hydrogen-bond donors (Lipinski definition) is 0. The van der Waals surface area contributed by atoms with Crippen molar-refractivity contribution >= 4 is 51.9 Å². The number of hydrogen-bond acceptors (Lipinski definition) is 5. The van der Waals surface area contributed by atoms with Gasteiger partial charge >= 0.3 is 0 Å². The number of thiocarbonyl (C=S) groups is 1. The first-order valence-corrected chi connectivity index (χ1v) is 12.9. The van der Waals surface area contributed by atoms with Crippen molar-refractivity contribution in [2.24, 2.45) is 0 Å². The minimum atomic E-state index is -0.0470. The lowest BCUT2D eigenvalue weighted by Crippen LogP contribution is -2.28. The van der Waals surface area contributed by atoms with Crippen LogP contribution in [0.4, 0.5) is 0 Å². The number of halogens is 1. The number of rotatable bonds is 9. The third kappa shape index (κ3) is 5.37. The van der Waals surface area contributed by atoms with E-state index in [9.17, 15) is 4.79 Å². The predicted molar refractivity (Wildman–Crippen MR) is 145 cm³/mol. The SMILES string of the molecule is CCCCCN1C(=O)C(=Cc2cn(-c3ccccc3)nc2-c2ccc(OCC)c(Cl)c2)SC1=S. The first kappa shape index (κ1) is 24.5. The van der Waals surface area contributed by atoms with Crippen LogP contribution < -0.4 is 4.74 Å². The van der Waals surface area contributed by atoms with Crippen LogP contribution in [0.1, 0.15) is 38.7 Å². The second-order valence-electron chi connectivity index (χ2n) is 7.83. The van der Waals surface area contributed by atoms with E-state index in [1.807, 2.05) is 72.4 Å². The van der Waals surface area contributed by atoms with Crippen molar-refractivity contribution in [1.82, 2.24) is 14.7 Å². The number of unbranched alkanes of at least 4 members (excludes halogenated alkanes) is 2. The Balaban J connectivity index is 1.73. The molecule has 0 spiro atoms. The lowest BCUT2D eigenvalue weighted by Gasteiger charge is -2.13. The van der Waals surface area contributed by atoms with Crippen molar-refractivity contribution in [3.05, 3.63) is 70.2 Å². The fraction of sp³-hybridized carbons (Fsp3) is 0.269. The van der Waals surface area contributed by atoms with Crippen LogP contribution in [-0.4, -0.2) is 38.1 Å². The summed E-state index contributed by atoms with van der Waals surface area (Å²) in [5.74, 6) is 0.583. The fourth-order valence-corrected chi connectivity index (χ4v) is 5.24. The van der Waals surface area contributed by atoms with E-state index in [-0.39, 0.29) is 5.91 Å². The molecule has 3 aromatic rings. The minimum Gasteiger partial charge on any atom is -0.492 e. The highest BCUT2D eigenvalue weighted by Crippen LogP contribution is 2.36. The van der Waals surface area contributed by atoms with Gasteiger partial charge in [0.2, 0.25) is 0 Å². The van der Waals surface area contributed by atoms with Gasteiger partial charge in [0.15, 0.2) is 0 Å². The number of thioether (sulfide) groups is 1. The van der Waals surface area contributed by atoms with Gasteiger partial charge in [0.05, 0.1) is 22.2 Å². The molecule has 0 saturated carbocycles. The molecule has 1 fully saturated rings. The van der Waals surface area contributed by atoms with E-state index in [0.717, 1.165) is 41.8 Å². The van der Waals surface area contributed by atoms with Crippen molar-refractivity contribution < 1.29 is 9.53 Å². The van der Waals surface area contributed by atoms with Crippen LogP contribution in [0.15, 0.2) is 59.6 Å². The summed E-state index contributed by atoms with van der Waals surface area (Å²) in [6.07, 6.45) is 6.92. The molecule has 0 bridgehead atoms. The molecule has 5 nitrogen and oxygen atoms in total. The molecule has 1 aromatic heterocycles. The van der Waals surface area contributed by atoms with Gasteiger partial charge in [-0.3, -0.25) is 9.69 Å². The summed E-state index contributed by atoms with van der Waals surface area (Å²) in [4.78, 5) is 15.4. The Labute approximate surface area is 214 Å². The Hall–Kier alpha value is -2.61. The number of amides is 1. The molecule has 1 saturated heterocycles. The fourth-order valence-electron chi connectivity index (χ4n) is 3.70. The lowest BCUT2D eigenvalue weighted by atomic mass is 10.1. The van der Waals surface area contributed by atoms with Crippen molar-refractivity contribution in [3.63, 3.8) is 0 Å². The van der Waals surface area contributed by atoms with Crippen molar-refractivity contribution in [2.45, 2.75) is 33.1 Å². The van der Waals surface area contributed by atoms with Crippen molar-refractivity contribution in [1.29, 1.82) is 0 Å². The highest BCUT2D eigenvalue weighted by atomic mass is 35.5. The number of para-hydroxylation sites is 1. The topological polar surface area (TPSA) is 47.4 Å². The number of carbonyl (C=O) groups is 1. The zero-order valence-corrected chi connectivity index (χ0v) is 21.6. The van der Waals surface area contributed by atoms with Gasteiger partial charge in [-0.05, 0) is 49.8 Å². The Morgan fingerprint density at radius 1 is 1.15 bits per heavy atom. The standard InChI is InChI=1S/C26H26ClN3O2S2/c1-3-5-9-14-29-25(31)23(34-26(29)33)16-19-17-30(20-10-7-6-8-11-20)28-24(19)18-12-13-22(32-4-2)21(27)15-18/h6-8,10-13,15-17H,3-5,9,14H2,1-2H3. The van der Waals surface area contributed by atoms with E-state index in [2.05, 4.69) is 6.92 Å². The molecule has 0 N–H and O–H groups in total. The molecule has 0 aliphatic carbocycles. The predicted octanol–water partition coefficient (Wildman–Crippen LogP) is 6.98. The molecule has 2 aromatic carbocycles. The monoisotopic (exact) mass is 511 g/mol. The van der Waals surface area contributed by atoms with E-state index in [1.165, 1.54) is 11.8 Å². The number of nitrogens with zero attached hydrogens (tertiary/aromatic N) is 3. The maximum absolute atomic E-state index is 13.1. The van der Waals surface area contributed by atoms with Crippen LogP contribution in [0.3, 0.4) is 0 Å². The van der Waals surface area contributed by atoms with Gasteiger partial charge in [0, 0.05) is 23.9 Å². The molecule has 8 heteroatoms. The summed E-state index contributed by atoms with van der Waals surface area (Å²) in [5, 5.41) is 5.35. The highest BCUT2D eigenvalue weighted by molar-refractivity contribution is 8.26. The smallest absolute Gasteiger partial charge is 0.266 e. The zero-order chi connectivity index (χ0) is 24.1. The van der Waals surface area contributed by atoms with E-state index in [1.54, 1.807) is 4.90 Å². The summed E-state index contributed by atoms with van der Waals surface area (Å²) in [7, 11) is 0. The summed E-state index contributed by atoms with van der Waals surface area (Å²) in [6.45, 7) is 5.25. The van der Waals surface area contributed by atoms with E-state index in [0.29, 0.717) is 33.1 Å². The quantitative estimate of drug-likeness (QED) is 0.176. The largest absolute Gasteiger partial charge is 0.492 e. The number of ether oxygens (including phenoxy) is 1. The first-order valence-electron chi connectivity index (χ1n) is 11.3. The molecule has 34 heavy (non-hydrogen) atoms. The van der Waals surface area contributed by atoms with E-state index in [4.69, 9.17) is 33.7 Å². The first-order chi connectivity index (χ1) is 16.5. The zero-order valence-electron chi connectivity index (χ0n) is 19.2. The Morgan fingerprint density at radius 3 is 2.65 bits per heavy atom. The number of aromatic nitrogens is 2. The van der Waals surface area contributed by atoms with Crippen LogP contribution in [0.5, 0.6) is 5.75 Å². The molecule has 0 radical (unpaired) electrons. The molecular formula is C26H26ClN3O2S2. The minimum absolute atomic E-state index is 0.0470. The Kier molecular flexibility index (Phi) is 8.08. The maximum atomic E-state index is 13.1. The Bertz CT molecular complexity index is 1220. The van der Waals surface area contributed by atoms with Crippen LogP contribution in [-0.2, 0) is 4.79 Å². The summed E-state index contributed by atoms with van der Waals surface area (Å²) in [6, 6.07) is 15.5. The normalized spacial score (nSPS) is 14.9. The summed E-state index contributed by atoms with van der Waals surface area (Å²) >= 11 is 13.3. The lowest BCUT2D eigenvalue weighted by molar-refractivity contribution is -0.122. The van der Waals surface area contributed by atoms with Gasteiger partial charge < -0.3 is 4.74 Å². The molecule has 1 aliphatic rings. The van der Waals surface area contributed by atoms with E-state index < -0.39 is 0 Å². The van der Waals surface area contributed by atoms with Gasteiger partial charge in [0.25, 0.3) is 5.91 Å². The molecule has 4 rings (SSSR count). The van der Waals surface area contributed by atoms with Crippen molar-refractivity contribution in [3.8, 4) is 22.7 Å². The van der Waals surface area contributed by atoms with Gasteiger partial charge in [0.1, 0.15) is 15.8 Å². The number of benzene rings is 2. The second-order valence-corrected chi connectivity index (χ2v) is 9.91. The summed E-state index contributed by atoms with van der Waals surface area (Å²) < 4.78 is 8.00. The molecule has 0 atom stereocenters. The maximum Gasteiger partial charge on any atom is 0.266 e. The van der Waals surface area contributed by atoms with E-state index >= 15 is 0 Å². The molecule has 176 valence electrons. The van der Waals surface area contributed by atoms with Crippen LogP contribution in [0, 0.1) is 0 Å². The number of carbonyl (C=O) groups excluding carboxylic acids is 1. The van der Waals surface area contributed by atoms with Crippen LogP contribution >= 0.6 is 35.6 Å². The second kappa shape index (κ2) is 11.2. The van der Waals surface area contributed by atoms with Gasteiger partial charge in [-0.2, -0.15) is 5.10 Å². The molecule has 1 amide bonds. The van der Waals surface area contributed by atoms with Crippen molar-refractivity contribution in [2.75, 3.05) is 13.2 Å². The van der Waals surface area contributed by atoms with Crippen LogP contribution in [0.25, 0.3) is 23.0 Å². The third-order valence-electron chi connectivity index (χ3n) is 5.41. The van der Waals surface area contributed by atoms with Gasteiger partial charge in [-0.1, -0.05) is 73.5 Å². The summed E-state index contributed by atoms with van der Waals surface area (Å²) in [5.41, 5.74) is 3.31. The van der Waals surface area contributed by atoms with Gasteiger partial charge in [-0.25, -0.2) is 4.68 Å². The average molecular weight is 512 g/mol. The average Bonchev–Trinajstić information content (AvgIpc) is 3.37. The van der Waals surface area contributed by atoms with Crippen LogP contribution in [0.2, 0.25) is 5.02 Å². The molecule has 0 unspecified atom stereocenters. The Morgan fingerprint density at radius 2 is 1.94 bits per heavy atom. The molecular weight excluding hydrogens is 486 g/mol. The van der Waals surface area contributed by atoms with Gasteiger partial charge in [-0.15, -0.1) is 0 Å². The molecule has 2 heterocycles. The molecule has 1 aliphatic heterocycles. The highest BCUT2D eigenvalue weighted by Gasteiger charge is 2.32. The third-order valence-corrected chi connectivity index (χ3v) is 7.09.